The summed E-state index contributed by atoms with van der Waals surface area (Å²) < 4.78 is 41.9. The highest BCUT2D eigenvalue weighted by molar-refractivity contribution is 5.99. The molecule has 2 rings (SSSR count). The lowest BCUT2D eigenvalue weighted by Crippen LogP contribution is -2.36. The first kappa shape index (κ1) is 18.8. The van der Waals surface area contributed by atoms with Gasteiger partial charge in [-0.15, -0.1) is 0 Å². The van der Waals surface area contributed by atoms with Crippen LogP contribution >= 0.6 is 0 Å². The van der Waals surface area contributed by atoms with E-state index in [1.807, 2.05) is 0 Å². The van der Waals surface area contributed by atoms with Crippen molar-refractivity contribution < 1.29 is 32.3 Å². The number of likely N-dealkylation sites (tertiary alicyclic amines) is 1. The first-order valence-corrected chi connectivity index (χ1v) is 7.45. The van der Waals surface area contributed by atoms with Gasteiger partial charge in [-0.3, -0.25) is 9.59 Å². The van der Waals surface area contributed by atoms with Crippen LogP contribution in [0.2, 0.25) is 0 Å². The summed E-state index contributed by atoms with van der Waals surface area (Å²) in [4.78, 5) is 36.1. The summed E-state index contributed by atoms with van der Waals surface area (Å²) in [5, 5.41) is 2.57. The number of alkyl halides is 3. The van der Waals surface area contributed by atoms with E-state index in [9.17, 15) is 27.6 Å². The molecule has 1 aromatic rings. The molecule has 1 N–H and O–H groups in total. The number of nitrogens with one attached hydrogen (secondary N) is 1. The Balaban J connectivity index is 2.08. The number of halogens is 3. The molecule has 1 heterocycles. The number of carbonyl (C=O) groups excluding carboxylic acids is 3. The second-order valence-electron chi connectivity index (χ2n) is 5.80. The molecule has 1 aliphatic heterocycles. The monoisotopic (exact) mass is 358 g/mol. The van der Waals surface area contributed by atoms with Crippen molar-refractivity contribution in [3.05, 3.63) is 29.3 Å². The summed E-state index contributed by atoms with van der Waals surface area (Å²) in [7, 11) is 1.22. The van der Waals surface area contributed by atoms with Crippen molar-refractivity contribution in [3.8, 4) is 0 Å². The molecular weight excluding hydrogens is 341 g/mol. The molecule has 1 atom stereocenters. The van der Waals surface area contributed by atoms with E-state index in [2.05, 4.69) is 10.1 Å². The Morgan fingerprint density at radius 1 is 1.36 bits per heavy atom. The maximum Gasteiger partial charge on any atom is 0.406 e. The Bertz CT molecular complexity index is 703. The lowest BCUT2D eigenvalue weighted by Gasteiger charge is -2.18. The largest absolute Gasteiger partial charge is 0.465 e. The van der Waals surface area contributed by atoms with Gasteiger partial charge in [-0.1, -0.05) is 6.07 Å². The van der Waals surface area contributed by atoms with Crippen LogP contribution < -0.4 is 5.32 Å². The molecule has 9 heteroatoms. The van der Waals surface area contributed by atoms with Gasteiger partial charge in [-0.25, -0.2) is 4.79 Å². The highest BCUT2D eigenvalue weighted by Gasteiger charge is 2.40. The van der Waals surface area contributed by atoms with E-state index >= 15 is 0 Å². The maximum atomic E-state index is 12.4. The van der Waals surface area contributed by atoms with E-state index in [4.69, 9.17) is 0 Å². The van der Waals surface area contributed by atoms with Gasteiger partial charge in [-0.05, 0) is 24.6 Å². The van der Waals surface area contributed by atoms with Crippen molar-refractivity contribution in [2.24, 2.45) is 5.92 Å². The number of anilines is 1. The minimum absolute atomic E-state index is 0.226. The van der Waals surface area contributed by atoms with Crippen LogP contribution in [0.1, 0.15) is 22.3 Å². The van der Waals surface area contributed by atoms with Gasteiger partial charge in [0.15, 0.2) is 0 Å². The molecule has 1 unspecified atom stereocenters. The fraction of sp³-hybridized carbons (Fsp3) is 0.438. The van der Waals surface area contributed by atoms with Crippen LogP contribution in [-0.4, -0.2) is 49.1 Å². The fourth-order valence-corrected chi connectivity index (χ4v) is 2.55. The van der Waals surface area contributed by atoms with E-state index < -0.39 is 36.4 Å². The zero-order valence-corrected chi connectivity index (χ0v) is 13.6. The summed E-state index contributed by atoms with van der Waals surface area (Å²) in [5.74, 6) is -2.74. The average Bonchev–Trinajstić information content (AvgIpc) is 2.88. The number of nitrogens with zero attached hydrogens (tertiary/aromatic N) is 1. The predicted molar refractivity (Wildman–Crippen MR) is 81.9 cm³/mol. The second kappa shape index (κ2) is 7.12. The Morgan fingerprint density at radius 2 is 2.04 bits per heavy atom. The zero-order valence-electron chi connectivity index (χ0n) is 13.6. The van der Waals surface area contributed by atoms with Crippen LogP contribution in [0, 0.1) is 12.8 Å². The number of amides is 2. The van der Waals surface area contributed by atoms with E-state index in [0.717, 1.165) is 0 Å². The van der Waals surface area contributed by atoms with Crippen LogP contribution in [0.4, 0.5) is 18.9 Å². The highest BCUT2D eigenvalue weighted by Crippen LogP contribution is 2.25. The third-order valence-corrected chi connectivity index (χ3v) is 3.87. The van der Waals surface area contributed by atoms with Crippen molar-refractivity contribution >= 4 is 23.5 Å². The topological polar surface area (TPSA) is 75.7 Å². The van der Waals surface area contributed by atoms with Gasteiger partial charge in [0.05, 0.1) is 18.6 Å². The van der Waals surface area contributed by atoms with Gasteiger partial charge in [0.25, 0.3) is 0 Å². The molecule has 0 aliphatic carbocycles. The van der Waals surface area contributed by atoms with Gasteiger partial charge >= 0.3 is 12.1 Å². The maximum absolute atomic E-state index is 12.4. The van der Waals surface area contributed by atoms with Gasteiger partial charge in [-0.2, -0.15) is 13.2 Å². The van der Waals surface area contributed by atoms with E-state index in [1.54, 1.807) is 13.0 Å². The van der Waals surface area contributed by atoms with E-state index in [1.165, 1.54) is 19.2 Å². The third kappa shape index (κ3) is 4.71. The normalized spacial score (nSPS) is 17.6. The fourth-order valence-electron chi connectivity index (χ4n) is 2.55. The molecule has 0 bridgehead atoms. The van der Waals surface area contributed by atoms with Crippen molar-refractivity contribution in [2.45, 2.75) is 19.5 Å². The minimum atomic E-state index is -4.51. The SMILES string of the molecule is COC(=O)c1ccc(C)c(NC(=O)C2CC(=O)N(CC(F)(F)F)C2)c1. The first-order valence-electron chi connectivity index (χ1n) is 7.45. The molecule has 0 saturated carbocycles. The second-order valence-corrected chi connectivity index (χ2v) is 5.80. The summed E-state index contributed by atoms with van der Waals surface area (Å²) in [6, 6.07) is 4.56. The molecule has 0 spiro atoms. The molecular formula is C16H17F3N2O4. The molecule has 6 nitrogen and oxygen atoms in total. The molecule has 2 amide bonds. The van der Waals surface area contributed by atoms with Crippen LogP contribution in [0.5, 0.6) is 0 Å². The molecule has 1 saturated heterocycles. The quantitative estimate of drug-likeness (QED) is 0.837. The van der Waals surface area contributed by atoms with Crippen LogP contribution in [-0.2, 0) is 14.3 Å². The molecule has 136 valence electrons. The Kier molecular flexibility index (Phi) is 5.34. The smallest absolute Gasteiger partial charge is 0.406 e. The number of hydrogen-bond donors (Lipinski definition) is 1. The van der Waals surface area contributed by atoms with Crippen molar-refractivity contribution in [3.63, 3.8) is 0 Å². The highest BCUT2D eigenvalue weighted by atomic mass is 19.4. The molecule has 1 aliphatic rings. The standard InChI is InChI=1S/C16H17F3N2O4/c1-9-3-4-10(15(24)25-2)5-12(9)20-14(23)11-6-13(22)21(7-11)8-16(17,18)19/h3-5,11H,6-8H2,1-2H3,(H,20,23). The Labute approximate surface area is 141 Å². The predicted octanol–water partition coefficient (Wildman–Crippen LogP) is 2.13. The molecule has 0 aromatic heterocycles. The van der Waals surface area contributed by atoms with Crippen molar-refractivity contribution in [1.29, 1.82) is 0 Å². The average molecular weight is 358 g/mol. The summed E-state index contributed by atoms with van der Waals surface area (Å²) in [6.07, 6.45) is -4.79. The third-order valence-electron chi connectivity index (χ3n) is 3.87. The van der Waals surface area contributed by atoms with Gasteiger partial charge < -0.3 is 15.0 Å². The number of carbonyl (C=O) groups is 3. The number of methoxy groups -OCH3 is 1. The van der Waals surface area contributed by atoms with Crippen molar-refractivity contribution in [2.75, 3.05) is 25.5 Å². The number of esters is 1. The van der Waals surface area contributed by atoms with Crippen LogP contribution in [0.3, 0.4) is 0 Å². The van der Waals surface area contributed by atoms with Crippen LogP contribution in [0.25, 0.3) is 0 Å². The van der Waals surface area contributed by atoms with E-state index in [0.29, 0.717) is 16.2 Å². The summed E-state index contributed by atoms with van der Waals surface area (Å²) >= 11 is 0. The minimum Gasteiger partial charge on any atom is -0.465 e. The summed E-state index contributed by atoms with van der Waals surface area (Å²) in [5.41, 5.74) is 1.23. The van der Waals surface area contributed by atoms with Crippen molar-refractivity contribution in [1.82, 2.24) is 4.90 Å². The molecule has 1 fully saturated rings. The number of rotatable bonds is 4. The van der Waals surface area contributed by atoms with Gasteiger partial charge in [0.2, 0.25) is 11.8 Å². The summed E-state index contributed by atoms with van der Waals surface area (Å²) in [6.45, 7) is 0.0405. The number of aryl methyl sites for hydroxylation is 1. The van der Waals surface area contributed by atoms with E-state index in [-0.39, 0.29) is 18.5 Å². The lowest BCUT2D eigenvalue weighted by molar-refractivity contribution is -0.157. The number of ether oxygens (including phenoxy) is 1. The molecule has 25 heavy (non-hydrogen) atoms. The first-order chi connectivity index (χ1) is 11.6. The zero-order chi connectivity index (χ0) is 18.8. The van der Waals surface area contributed by atoms with Gasteiger partial charge in [0, 0.05) is 18.7 Å². The molecule has 1 aromatic carbocycles. The lowest BCUT2D eigenvalue weighted by atomic mass is 10.1. The Hall–Kier alpha value is -2.58. The van der Waals surface area contributed by atoms with Crippen LogP contribution in [0.15, 0.2) is 18.2 Å². The van der Waals surface area contributed by atoms with Gasteiger partial charge in [0.1, 0.15) is 6.54 Å². The number of benzene rings is 1. The Morgan fingerprint density at radius 3 is 2.64 bits per heavy atom. The number of hydrogen-bond acceptors (Lipinski definition) is 4. The molecule has 0 radical (unpaired) electrons.